The number of hydrogen-bond acceptors (Lipinski definition) is 3. The van der Waals surface area contributed by atoms with E-state index >= 15 is 0 Å². The van der Waals surface area contributed by atoms with E-state index < -0.39 is 0 Å². The van der Waals surface area contributed by atoms with Crippen molar-refractivity contribution in [3.05, 3.63) is 101 Å². The number of amides is 1. The second-order valence-corrected chi connectivity index (χ2v) is 9.09. The number of para-hydroxylation sites is 1. The molecular formula is C29H34N2O2. The van der Waals surface area contributed by atoms with Crippen LogP contribution in [0.25, 0.3) is 0 Å². The third-order valence-corrected chi connectivity index (χ3v) is 5.99. The molecule has 0 aliphatic heterocycles. The Kier molecular flexibility index (Phi) is 8.42. The van der Waals surface area contributed by atoms with Crippen LogP contribution in [0.15, 0.2) is 84.0 Å². The highest BCUT2D eigenvalue weighted by Gasteiger charge is 2.21. The second kappa shape index (κ2) is 11.5. The number of hydrogen-bond donors (Lipinski definition) is 2. The van der Waals surface area contributed by atoms with Gasteiger partial charge in [-0.1, -0.05) is 112 Å². The van der Waals surface area contributed by atoms with Gasteiger partial charge in [0.25, 0.3) is 0 Å². The molecule has 0 radical (unpaired) electrons. The minimum absolute atomic E-state index is 0.000255. The molecule has 2 N–H and O–H groups in total. The van der Waals surface area contributed by atoms with Crippen molar-refractivity contribution in [3.63, 3.8) is 0 Å². The van der Waals surface area contributed by atoms with Crippen LogP contribution >= 0.6 is 0 Å². The number of anilines is 1. The SMILES string of the molecule is CC(C)c1cccc(C(C)C)c1NC(=O)C/C(CC(c1ccccc1)c1ccccc1)=N/O. The van der Waals surface area contributed by atoms with Gasteiger partial charge in [0.05, 0.1) is 12.1 Å². The second-order valence-electron chi connectivity index (χ2n) is 9.09. The first-order valence-corrected chi connectivity index (χ1v) is 11.6. The molecule has 0 spiro atoms. The van der Waals surface area contributed by atoms with E-state index in [1.165, 1.54) is 0 Å². The standard InChI is InChI=1S/C29H34N2O2/c1-20(2)25-16-11-17-26(21(3)4)29(25)30-28(32)19-24(31-33)18-27(22-12-7-5-8-13-22)23-14-9-6-10-15-23/h5-17,20-21,27,33H,18-19H2,1-4H3,(H,30,32)/b31-24+. The first-order valence-electron chi connectivity index (χ1n) is 11.6. The van der Waals surface area contributed by atoms with Crippen LogP contribution in [0.5, 0.6) is 0 Å². The van der Waals surface area contributed by atoms with Crippen molar-refractivity contribution in [2.45, 2.75) is 58.3 Å². The molecule has 3 aromatic rings. The molecular weight excluding hydrogens is 408 g/mol. The monoisotopic (exact) mass is 442 g/mol. The van der Waals surface area contributed by atoms with Gasteiger partial charge in [0, 0.05) is 18.0 Å². The molecule has 0 heterocycles. The van der Waals surface area contributed by atoms with Gasteiger partial charge in [-0.15, -0.1) is 0 Å². The molecule has 0 aromatic heterocycles. The summed E-state index contributed by atoms with van der Waals surface area (Å²) in [5.74, 6) is 0.397. The summed E-state index contributed by atoms with van der Waals surface area (Å²) in [6.07, 6.45) is 0.497. The van der Waals surface area contributed by atoms with Gasteiger partial charge in [0.15, 0.2) is 0 Å². The molecule has 0 saturated heterocycles. The lowest BCUT2D eigenvalue weighted by molar-refractivity contribution is -0.115. The normalized spacial score (nSPS) is 11.9. The van der Waals surface area contributed by atoms with E-state index in [0.717, 1.165) is 27.9 Å². The Hall–Kier alpha value is -3.40. The van der Waals surface area contributed by atoms with Crippen molar-refractivity contribution in [2.24, 2.45) is 5.16 Å². The van der Waals surface area contributed by atoms with Crippen molar-refractivity contribution < 1.29 is 10.0 Å². The Balaban J connectivity index is 1.82. The van der Waals surface area contributed by atoms with E-state index in [2.05, 4.69) is 74.6 Å². The Labute approximate surface area is 197 Å². The molecule has 0 saturated carbocycles. The molecule has 3 rings (SSSR count). The van der Waals surface area contributed by atoms with Crippen molar-refractivity contribution in [3.8, 4) is 0 Å². The number of nitrogens with one attached hydrogen (secondary N) is 1. The fraction of sp³-hybridized carbons (Fsp3) is 0.310. The molecule has 1 amide bonds. The molecule has 0 bridgehead atoms. The largest absolute Gasteiger partial charge is 0.411 e. The minimum Gasteiger partial charge on any atom is -0.411 e. The van der Waals surface area contributed by atoms with Crippen molar-refractivity contribution in [2.75, 3.05) is 5.32 Å². The molecule has 172 valence electrons. The molecule has 0 atom stereocenters. The molecule has 3 aromatic carbocycles. The average Bonchev–Trinajstić information content (AvgIpc) is 2.82. The molecule has 4 heteroatoms. The van der Waals surface area contributed by atoms with Gasteiger partial charge in [-0.2, -0.15) is 0 Å². The van der Waals surface area contributed by atoms with Gasteiger partial charge in [0.2, 0.25) is 5.91 Å². The zero-order chi connectivity index (χ0) is 23.8. The van der Waals surface area contributed by atoms with Crippen LogP contribution in [0.1, 0.15) is 80.5 Å². The maximum atomic E-state index is 13.1. The number of oxime groups is 1. The maximum absolute atomic E-state index is 13.1. The smallest absolute Gasteiger partial charge is 0.230 e. The third-order valence-electron chi connectivity index (χ3n) is 5.99. The zero-order valence-corrected chi connectivity index (χ0v) is 20.0. The summed E-state index contributed by atoms with van der Waals surface area (Å²) in [6.45, 7) is 8.50. The maximum Gasteiger partial charge on any atom is 0.230 e. The molecule has 0 unspecified atom stereocenters. The van der Waals surface area contributed by atoms with Gasteiger partial charge < -0.3 is 10.5 Å². The summed E-state index contributed by atoms with van der Waals surface area (Å²) in [4.78, 5) is 13.1. The summed E-state index contributed by atoms with van der Waals surface area (Å²) in [7, 11) is 0. The summed E-state index contributed by atoms with van der Waals surface area (Å²) in [5.41, 5.74) is 5.81. The van der Waals surface area contributed by atoms with Gasteiger partial charge in [-0.25, -0.2) is 0 Å². The first kappa shape index (κ1) is 24.2. The van der Waals surface area contributed by atoms with Gasteiger partial charge in [-0.3, -0.25) is 4.79 Å². The van der Waals surface area contributed by atoms with Crippen molar-refractivity contribution in [1.82, 2.24) is 0 Å². The van der Waals surface area contributed by atoms with Crippen molar-refractivity contribution >= 4 is 17.3 Å². The minimum atomic E-state index is -0.169. The number of carbonyl (C=O) groups is 1. The van der Waals surface area contributed by atoms with Gasteiger partial charge >= 0.3 is 0 Å². The van der Waals surface area contributed by atoms with Crippen molar-refractivity contribution in [1.29, 1.82) is 0 Å². The quantitative estimate of drug-likeness (QED) is 0.207. The van der Waals surface area contributed by atoms with Crippen LogP contribution in [-0.2, 0) is 4.79 Å². The van der Waals surface area contributed by atoms with Crippen LogP contribution < -0.4 is 5.32 Å². The number of nitrogens with zero attached hydrogens (tertiary/aromatic N) is 1. The van der Waals surface area contributed by atoms with Crippen LogP contribution in [-0.4, -0.2) is 16.8 Å². The summed E-state index contributed by atoms with van der Waals surface area (Å²) in [6, 6.07) is 26.4. The Morgan fingerprint density at radius 2 is 1.27 bits per heavy atom. The topological polar surface area (TPSA) is 61.7 Å². The summed E-state index contributed by atoms with van der Waals surface area (Å²) in [5, 5.41) is 16.4. The van der Waals surface area contributed by atoms with Crippen LogP contribution in [0, 0.1) is 0 Å². The number of rotatable bonds is 9. The Morgan fingerprint density at radius 1 is 0.788 bits per heavy atom. The highest BCUT2D eigenvalue weighted by atomic mass is 16.4. The van der Waals surface area contributed by atoms with Crippen LogP contribution in [0.4, 0.5) is 5.69 Å². The van der Waals surface area contributed by atoms with Gasteiger partial charge in [-0.05, 0) is 34.1 Å². The van der Waals surface area contributed by atoms with Gasteiger partial charge in [0.1, 0.15) is 0 Å². The highest BCUT2D eigenvalue weighted by Crippen LogP contribution is 2.33. The molecule has 4 nitrogen and oxygen atoms in total. The predicted octanol–water partition coefficient (Wildman–Crippen LogP) is 7.31. The molecule has 0 aliphatic carbocycles. The van der Waals surface area contributed by atoms with E-state index in [9.17, 15) is 10.0 Å². The fourth-order valence-corrected chi connectivity index (χ4v) is 4.25. The van der Waals surface area contributed by atoms with E-state index in [0.29, 0.717) is 12.1 Å². The van der Waals surface area contributed by atoms with Crippen LogP contribution in [0.3, 0.4) is 0 Å². The molecule has 0 aliphatic rings. The zero-order valence-electron chi connectivity index (χ0n) is 20.0. The first-order chi connectivity index (χ1) is 15.9. The fourth-order valence-electron chi connectivity index (χ4n) is 4.25. The Morgan fingerprint density at radius 3 is 1.70 bits per heavy atom. The predicted molar refractivity (Wildman–Crippen MR) is 136 cm³/mol. The summed E-state index contributed by atoms with van der Waals surface area (Å²) >= 11 is 0. The molecule has 0 fully saturated rings. The van der Waals surface area contributed by atoms with E-state index in [4.69, 9.17) is 0 Å². The average molecular weight is 443 g/mol. The lowest BCUT2D eigenvalue weighted by atomic mass is 9.86. The van der Waals surface area contributed by atoms with E-state index in [-0.39, 0.29) is 30.1 Å². The number of benzene rings is 3. The van der Waals surface area contributed by atoms with E-state index in [1.54, 1.807) is 0 Å². The summed E-state index contributed by atoms with van der Waals surface area (Å²) < 4.78 is 0. The lowest BCUT2D eigenvalue weighted by Crippen LogP contribution is -2.20. The van der Waals surface area contributed by atoms with E-state index in [1.807, 2.05) is 42.5 Å². The lowest BCUT2D eigenvalue weighted by Gasteiger charge is -2.21. The third kappa shape index (κ3) is 6.32. The highest BCUT2D eigenvalue weighted by molar-refractivity contribution is 6.07. The Bertz CT molecular complexity index is 1010. The van der Waals surface area contributed by atoms with Crippen LogP contribution in [0.2, 0.25) is 0 Å². The number of carbonyl (C=O) groups excluding carboxylic acids is 1. The molecule has 33 heavy (non-hydrogen) atoms.